The fourth-order valence-corrected chi connectivity index (χ4v) is 6.11. The summed E-state index contributed by atoms with van der Waals surface area (Å²) in [4.78, 5) is 20.0. The summed E-state index contributed by atoms with van der Waals surface area (Å²) in [6.07, 6.45) is 1.89. The number of methoxy groups -OCH3 is 2. The topological polar surface area (TPSA) is 88.9 Å². The molecule has 2 aliphatic rings. The summed E-state index contributed by atoms with van der Waals surface area (Å²) in [6, 6.07) is 9.93. The van der Waals surface area contributed by atoms with Crippen LogP contribution < -0.4 is 19.7 Å². The van der Waals surface area contributed by atoms with Crippen LogP contribution in [0.2, 0.25) is 5.02 Å². The number of amides is 1. The molecule has 0 radical (unpaired) electrons. The van der Waals surface area contributed by atoms with E-state index in [4.69, 9.17) is 21.1 Å². The van der Waals surface area contributed by atoms with Crippen molar-refractivity contribution in [1.29, 1.82) is 0 Å². The van der Waals surface area contributed by atoms with E-state index in [9.17, 15) is 18.7 Å². The number of rotatable bonds is 5. The van der Waals surface area contributed by atoms with Crippen molar-refractivity contribution in [2.75, 3.05) is 24.4 Å². The van der Waals surface area contributed by atoms with Gasteiger partial charge in [0.05, 0.1) is 26.0 Å². The maximum Gasteiger partial charge on any atom is 0.261 e. The normalized spacial score (nSPS) is 19.3. The smallest absolute Gasteiger partial charge is 0.261 e. The second kappa shape index (κ2) is 9.21. The van der Waals surface area contributed by atoms with E-state index in [0.717, 1.165) is 12.1 Å². The lowest BCUT2D eigenvalue weighted by atomic mass is 9.81. The number of aromatic nitrogens is 2. The third kappa shape index (κ3) is 3.45. The molecule has 206 valence electrons. The molecule has 1 spiro atoms. The van der Waals surface area contributed by atoms with Crippen LogP contribution in [0, 0.1) is 11.6 Å². The summed E-state index contributed by atoms with van der Waals surface area (Å²) in [7, 11) is 3.02. The van der Waals surface area contributed by atoms with Gasteiger partial charge in [0.15, 0.2) is 17.9 Å². The molecule has 2 atom stereocenters. The van der Waals surface area contributed by atoms with Gasteiger partial charge >= 0.3 is 0 Å². The van der Waals surface area contributed by atoms with Gasteiger partial charge < -0.3 is 24.5 Å². The average molecular weight is 567 g/mol. The quantitative estimate of drug-likeness (QED) is 0.327. The van der Waals surface area contributed by atoms with Gasteiger partial charge in [0.2, 0.25) is 5.88 Å². The van der Waals surface area contributed by atoms with Gasteiger partial charge in [-0.2, -0.15) is 0 Å². The molecular formula is C29H25ClF2N4O4. The molecule has 2 aromatic carbocycles. The molecule has 0 saturated heterocycles. The molecule has 11 heteroatoms. The monoisotopic (exact) mass is 566 g/mol. The number of nitrogens with one attached hydrogen (secondary N) is 1. The van der Waals surface area contributed by atoms with E-state index in [1.54, 1.807) is 36.7 Å². The lowest BCUT2D eigenvalue weighted by Crippen LogP contribution is -2.53. The molecule has 2 aromatic heterocycles. The number of halogens is 3. The van der Waals surface area contributed by atoms with Crippen molar-refractivity contribution < 1.29 is 28.2 Å². The molecule has 6 rings (SSSR count). The number of benzene rings is 2. The summed E-state index contributed by atoms with van der Waals surface area (Å²) in [5, 5.41) is 15.3. The van der Waals surface area contributed by atoms with Crippen LogP contribution in [0.25, 0.3) is 5.69 Å². The fraction of sp³-hybridized carbons (Fsp3) is 0.241. The van der Waals surface area contributed by atoms with Crippen molar-refractivity contribution in [1.82, 2.24) is 9.55 Å². The number of hydrogen-bond acceptors (Lipinski definition) is 6. The van der Waals surface area contributed by atoms with Crippen LogP contribution in [0.4, 0.5) is 20.2 Å². The van der Waals surface area contributed by atoms with Crippen LogP contribution in [-0.4, -0.2) is 41.0 Å². The Kier molecular flexibility index (Phi) is 6.01. The lowest BCUT2D eigenvalue weighted by molar-refractivity contribution is 0.0920. The molecule has 4 heterocycles. The molecule has 2 aliphatic heterocycles. The number of carbonyl (C=O) groups excluding carboxylic acids is 1. The Morgan fingerprint density at radius 2 is 1.88 bits per heavy atom. The molecule has 0 bridgehead atoms. The first-order valence-electron chi connectivity index (χ1n) is 12.5. The summed E-state index contributed by atoms with van der Waals surface area (Å²) in [6.45, 7) is 3.93. The molecule has 40 heavy (non-hydrogen) atoms. The highest BCUT2D eigenvalue weighted by atomic mass is 35.5. The van der Waals surface area contributed by atoms with E-state index in [1.807, 2.05) is 18.4 Å². The highest BCUT2D eigenvalue weighted by Gasteiger charge is 2.62. The van der Waals surface area contributed by atoms with Crippen LogP contribution in [0.3, 0.4) is 0 Å². The van der Waals surface area contributed by atoms with E-state index in [0.29, 0.717) is 44.8 Å². The average Bonchev–Trinajstić information content (AvgIpc) is 3.53. The summed E-state index contributed by atoms with van der Waals surface area (Å²) < 4.78 is 41.2. The first kappa shape index (κ1) is 26.1. The second-order valence-electron chi connectivity index (χ2n) is 9.97. The molecule has 0 saturated carbocycles. The second-order valence-corrected chi connectivity index (χ2v) is 10.4. The van der Waals surface area contributed by atoms with Crippen LogP contribution in [0.5, 0.6) is 11.6 Å². The Balaban J connectivity index is 1.70. The van der Waals surface area contributed by atoms with Crippen molar-refractivity contribution in [2.24, 2.45) is 0 Å². The van der Waals surface area contributed by atoms with Crippen molar-refractivity contribution in [2.45, 2.75) is 31.5 Å². The van der Waals surface area contributed by atoms with Gasteiger partial charge in [-0.25, -0.2) is 13.8 Å². The Bertz CT molecular complexity index is 1690. The molecule has 1 unspecified atom stereocenters. The lowest BCUT2D eigenvalue weighted by Gasteiger charge is -2.40. The van der Waals surface area contributed by atoms with Gasteiger partial charge in [0.25, 0.3) is 5.91 Å². The zero-order valence-corrected chi connectivity index (χ0v) is 22.8. The van der Waals surface area contributed by atoms with Crippen LogP contribution in [0.15, 0.2) is 54.9 Å². The molecular weight excluding hydrogens is 542 g/mol. The number of aliphatic hydroxyl groups excluding tert-OH is 1. The Hall–Kier alpha value is -4.15. The fourth-order valence-electron chi connectivity index (χ4n) is 5.94. The Labute approximate surface area is 233 Å². The maximum absolute atomic E-state index is 14.5. The van der Waals surface area contributed by atoms with E-state index < -0.39 is 29.3 Å². The molecule has 0 aliphatic carbocycles. The van der Waals surface area contributed by atoms with Crippen LogP contribution >= 0.6 is 11.6 Å². The number of ether oxygens (including phenoxy) is 2. The molecule has 8 nitrogen and oxygen atoms in total. The van der Waals surface area contributed by atoms with Gasteiger partial charge in [-0.05, 0) is 30.2 Å². The van der Waals surface area contributed by atoms with Gasteiger partial charge in [-0.3, -0.25) is 9.69 Å². The van der Waals surface area contributed by atoms with Gasteiger partial charge in [0, 0.05) is 51.5 Å². The van der Waals surface area contributed by atoms with E-state index >= 15 is 0 Å². The van der Waals surface area contributed by atoms with Gasteiger partial charge in [-0.1, -0.05) is 31.5 Å². The van der Waals surface area contributed by atoms with Crippen LogP contribution in [0.1, 0.15) is 46.9 Å². The largest absolute Gasteiger partial charge is 0.494 e. The van der Waals surface area contributed by atoms with Crippen molar-refractivity contribution >= 4 is 28.9 Å². The number of hydrogen-bond donors (Lipinski definition) is 2. The standard InChI is InChI=1S/C29H25ClF2N4O4/c1-14(2)26-25-17(13-35(26)22-12-33-24(40-4)11-23(22)39-3)27(37)36(16-6-8-19(31)20(32)10-16)29(25)18-7-5-15(30)9-21(18)34-28(29)38/h5-14,28,34,38H,1-4H3/t28?,29-/m0/s1. The zero-order chi connectivity index (χ0) is 28.5. The molecule has 1 amide bonds. The number of anilines is 2. The third-order valence-corrected chi connectivity index (χ3v) is 7.74. The summed E-state index contributed by atoms with van der Waals surface area (Å²) in [5.74, 6) is -2.02. The highest BCUT2D eigenvalue weighted by molar-refractivity contribution is 6.31. The third-order valence-electron chi connectivity index (χ3n) is 7.51. The molecule has 0 fully saturated rings. The number of aliphatic hydroxyl groups is 1. The molecule has 2 N–H and O–H groups in total. The minimum Gasteiger partial charge on any atom is -0.494 e. The minimum absolute atomic E-state index is 0.0914. The SMILES string of the molecule is COc1cc(OC)c(-n2cc3c(c2C(C)C)[C@]2(c4ccc(Cl)cc4NC2O)N(c2ccc(F)c(F)c2)C3=O)cn1. The number of fused-ring (bicyclic) bond motifs is 4. The Morgan fingerprint density at radius 1 is 1.10 bits per heavy atom. The van der Waals surface area contributed by atoms with E-state index in [1.165, 1.54) is 25.2 Å². The number of carbonyl (C=O) groups is 1. The predicted octanol–water partition coefficient (Wildman–Crippen LogP) is 5.59. The van der Waals surface area contributed by atoms with Crippen molar-refractivity contribution in [3.63, 3.8) is 0 Å². The van der Waals surface area contributed by atoms with E-state index in [-0.39, 0.29) is 17.2 Å². The predicted molar refractivity (Wildman–Crippen MR) is 146 cm³/mol. The van der Waals surface area contributed by atoms with Gasteiger partial charge in [-0.15, -0.1) is 0 Å². The first-order chi connectivity index (χ1) is 19.1. The maximum atomic E-state index is 14.5. The minimum atomic E-state index is -1.53. The summed E-state index contributed by atoms with van der Waals surface area (Å²) >= 11 is 6.28. The van der Waals surface area contributed by atoms with Crippen molar-refractivity contribution in [3.05, 3.63) is 93.9 Å². The summed E-state index contributed by atoms with van der Waals surface area (Å²) in [5.41, 5.74) is 1.69. The number of nitrogens with zero attached hydrogens (tertiary/aromatic N) is 3. The van der Waals surface area contributed by atoms with Gasteiger partial charge in [0.1, 0.15) is 17.0 Å². The molecule has 4 aromatic rings. The van der Waals surface area contributed by atoms with Crippen LogP contribution in [-0.2, 0) is 5.54 Å². The van der Waals surface area contributed by atoms with Crippen molar-refractivity contribution in [3.8, 4) is 17.3 Å². The first-order valence-corrected chi connectivity index (χ1v) is 12.9. The number of pyridine rings is 1. The zero-order valence-electron chi connectivity index (χ0n) is 22.0. The highest BCUT2D eigenvalue weighted by Crippen LogP contribution is 2.57. The Morgan fingerprint density at radius 3 is 2.55 bits per heavy atom. The van der Waals surface area contributed by atoms with E-state index in [2.05, 4.69) is 10.3 Å².